The molecule has 18 heavy (non-hydrogen) atoms. The summed E-state index contributed by atoms with van der Waals surface area (Å²) in [7, 11) is 1.15. The van der Waals surface area contributed by atoms with Crippen molar-refractivity contribution in [1.82, 2.24) is 0 Å². The minimum atomic E-state index is -1.08. The number of nitrogens with zero attached hydrogens (tertiary/aromatic N) is 2. The number of esters is 1. The van der Waals surface area contributed by atoms with Gasteiger partial charge in [-0.25, -0.2) is 11.4 Å². The third-order valence-electron chi connectivity index (χ3n) is 2.27. The molecule has 0 fully saturated rings. The highest BCUT2D eigenvalue weighted by atomic mass is 19.1. The molecule has 0 radical (unpaired) electrons. The molecule has 0 saturated heterocycles. The Morgan fingerprint density at radius 3 is 2.83 bits per heavy atom. The van der Waals surface area contributed by atoms with Crippen LogP contribution in [0.25, 0.3) is 4.85 Å². The maximum atomic E-state index is 13.1. The van der Waals surface area contributed by atoms with Gasteiger partial charge in [-0.15, -0.1) is 0 Å². The van der Waals surface area contributed by atoms with Crippen LogP contribution in [-0.4, -0.2) is 24.0 Å². The number of nitro benzene ring substituents is 1. The van der Waals surface area contributed by atoms with E-state index in [1.807, 2.05) is 0 Å². The zero-order chi connectivity index (χ0) is 13.7. The van der Waals surface area contributed by atoms with E-state index in [0.717, 1.165) is 19.2 Å². The van der Waals surface area contributed by atoms with Crippen molar-refractivity contribution in [2.45, 2.75) is 12.5 Å². The molecule has 6 nitrogen and oxygen atoms in total. The molecule has 7 heteroatoms. The fourth-order valence-electron chi connectivity index (χ4n) is 1.37. The minimum Gasteiger partial charge on any atom is -0.463 e. The SMILES string of the molecule is [C-]#[N+]C(Cc1ccc(F)c([N+](=O)[O-])c1)C(=O)OC. The largest absolute Gasteiger partial charge is 0.463 e. The lowest BCUT2D eigenvalue weighted by atomic mass is 10.1. The molecular formula is C11H9FN2O4. The van der Waals surface area contributed by atoms with Crippen LogP contribution in [0.2, 0.25) is 0 Å². The second kappa shape index (κ2) is 5.72. The fraction of sp³-hybridized carbons (Fsp3) is 0.273. The van der Waals surface area contributed by atoms with Gasteiger partial charge in [0.15, 0.2) is 0 Å². The predicted molar refractivity (Wildman–Crippen MR) is 59.2 cm³/mol. The van der Waals surface area contributed by atoms with Crippen molar-refractivity contribution in [3.63, 3.8) is 0 Å². The number of ether oxygens (including phenoxy) is 1. The average Bonchev–Trinajstić information content (AvgIpc) is 2.36. The van der Waals surface area contributed by atoms with Crippen LogP contribution in [0.1, 0.15) is 5.56 Å². The lowest BCUT2D eigenvalue weighted by Gasteiger charge is -2.04. The summed E-state index contributed by atoms with van der Waals surface area (Å²) in [4.78, 5) is 23.9. The number of halogens is 1. The average molecular weight is 252 g/mol. The first kappa shape index (κ1) is 13.6. The number of carbonyl (C=O) groups excluding carboxylic acids is 1. The van der Waals surface area contributed by atoms with Crippen LogP contribution in [0.5, 0.6) is 0 Å². The van der Waals surface area contributed by atoms with Gasteiger partial charge in [0.1, 0.15) is 0 Å². The van der Waals surface area contributed by atoms with Gasteiger partial charge in [-0.1, -0.05) is 6.07 Å². The van der Waals surface area contributed by atoms with E-state index in [4.69, 9.17) is 6.57 Å². The first-order valence-corrected chi connectivity index (χ1v) is 4.86. The van der Waals surface area contributed by atoms with Crippen LogP contribution in [0, 0.1) is 22.5 Å². The number of rotatable bonds is 4. The molecule has 0 aliphatic heterocycles. The Balaban J connectivity index is 2.98. The van der Waals surface area contributed by atoms with Gasteiger partial charge >= 0.3 is 17.7 Å². The summed E-state index contributed by atoms with van der Waals surface area (Å²) in [5, 5.41) is 10.5. The molecule has 0 bridgehead atoms. The van der Waals surface area contributed by atoms with Crippen molar-refractivity contribution < 1.29 is 18.8 Å². The van der Waals surface area contributed by atoms with Crippen molar-refractivity contribution in [3.05, 3.63) is 51.1 Å². The zero-order valence-electron chi connectivity index (χ0n) is 9.42. The molecule has 0 spiro atoms. The maximum absolute atomic E-state index is 13.1. The monoisotopic (exact) mass is 252 g/mol. The summed E-state index contributed by atoms with van der Waals surface area (Å²) in [5.41, 5.74) is -0.351. The van der Waals surface area contributed by atoms with Crippen LogP contribution in [0.4, 0.5) is 10.1 Å². The first-order chi connectivity index (χ1) is 8.49. The van der Waals surface area contributed by atoms with Crippen molar-refractivity contribution in [3.8, 4) is 0 Å². The lowest BCUT2D eigenvalue weighted by molar-refractivity contribution is -0.387. The van der Waals surface area contributed by atoms with Crippen molar-refractivity contribution in [2.75, 3.05) is 7.11 Å². The molecular weight excluding hydrogens is 243 g/mol. The molecule has 94 valence electrons. The highest BCUT2D eigenvalue weighted by Gasteiger charge is 2.26. The Hall–Kier alpha value is -2.49. The Kier molecular flexibility index (Phi) is 4.32. The van der Waals surface area contributed by atoms with Crippen molar-refractivity contribution in [2.24, 2.45) is 0 Å². The third-order valence-corrected chi connectivity index (χ3v) is 2.27. The van der Waals surface area contributed by atoms with Crippen molar-refractivity contribution in [1.29, 1.82) is 0 Å². The highest BCUT2D eigenvalue weighted by Crippen LogP contribution is 2.20. The van der Waals surface area contributed by atoms with E-state index >= 15 is 0 Å². The van der Waals surface area contributed by atoms with Crippen LogP contribution in [0.3, 0.4) is 0 Å². The summed E-state index contributed by atoms with van der Waals surface area (Å²) in [6.45, 7) is 6.84. The number of hydrogen-bond acceptors (Lipinski definition) is 4. The molecule has 0 N–H and O–H groups in total. The third kappa shape index (κ3) is 3.01. The van der Waals surface area contributed by atoms with Gasteiger partial charge in [-0.3, -0.25) is 10.1 Å². The van der Waals surface area contributed by atoms with E-state index in [-0.39, 0.29) is 6.42 Å². The van der Waals surface area contributed by atoms with Gasteiger partial charge < -0.3 is 9.58 Å². The molecule has 1 rings (SSSR count). The maximum Gasteiger partial charge on any atom is 0.390 e. The smallest absolute Gasteiger partial charge is 0.390 e. The topological polar surface area (TPSA) is 73.8 Å². The molecule has 0 heterocycles. The van der Waals surface area contributed by atoms with E-state index in [9.17, 15) is 19.3 Å². The summed E-state index contributed by atoms with van der Waals surface area (Å²) in [5.74, 6) is -1.68. The molecule has 1 aromatic rings. The van der Waals surface area contributed by atoms with Crippen LogP contribution in [-0.2, 0) is 16.0 Å². The molecule has 0 aliphatic carbocycles. The van der Waals surface area contributed by atoms with Gasteiger partial charge in [-0.2, -0.15) is 4.39 Å². The predicted octanol–water partition coefficient (Wildman–Crippen LogP) is 1.74. The Labute approximate surface area is 102 Å². The fourth-order valence-corrected chi connectivity index (χ4v) is 1.37. The van der Waals surface area contributed by atoms with Crippen LogP contribution in [0.15, 0.2) is 18.2 Å². The normalized spacial score (nSPS) is 11.4. The zero-order valence-corrected chi connectivity index (χ0v) is 9.42. The second-order valence-corrected chi connectivity index (χ2v) is 3.42. The van der Waals surface area contributed by atoms with E-state index < -0.39 is 28.4 Å². The highest BCUT2D eigenvalue weighted by molar-refractivity contribution is 5.78. The first-order valence-electron chi connectivity index (χ1n) is 4.86. The molecule has 1 atom stereocenters. The number of methoxy groups -OCH3 is 1. The van der Waals surface area contributed by atoms with E-state index in [1.54, 1.807) is 0 Å². The summed E-state index contributed by atoms with van der Waals surface area (Å²) < 4.78 is 17.5. The number of benzene rings is 1. The van der Waals surface area contributed by atoms with E-state index in [1.165, 1.54) is 6.07 Å². The minimum absolute atomic E-state index is 0.0582. The van der Waals surface area contributed by atoms with Gasteiger partial charge in [-0.05, 0) is 11.6 Å². The summed E-state index contributed by atoms with van der Waals surface area (Å²) >= 11 is 0. The lowest BCUT2D eigenvalue weighted by Crippen LogP contribution is -2.21. The second-order valence-electron chi connectivity index (χ2n) is 3.42. The van der Waals surface area contributed by atoms with E-state index in [0.29, 0.717) is 5.56 Å². The Morgan fingerprint density at radius 1 is 1.67 bits per heavy atom. The molecule has 0 aliphatic rings. The van der Waals surface area contributed by atoms with Crippen LogP contribution >= 0.6 is 0 Å². The molecule has 0 aromatic heterocycles. The van der Waals surface area contributed by atoms with Gasteiger partial charge in [0, 0.05) is 6.07 Å². The quantitative estimate of drug-likeness (QED) is 0.354. The molecule has 1 unspecified atom stereocenters. The summed E-state index contributed by atoms with van der Waals surface area (Å²) in [6, 6.07) is 2.16. The van der Waals surface area contributed by atoms with E-state index in [2.05, 4.69) is 9.58 Å². The molecule has 0 saturated carbocycles. The van der Waals surface area contributed by atoms with Gasteiger partial charge in [0.2, 0.25) is 5.82 Å². The number of hydrogen-bond donors (Lipinski definition) is 0. The van der Waals surface area contributed by atoms with Crippen LogP contribution < -0.4 is 0 Å². The summed E-state index contributed by atoms with van der Waals surface area (Å²) in [6.07, 6.45) is -0.0582. The van der Waals surface area contributed by atoms with Gasteiger partial charge in [0.05, 0.1) is 18.5 Å². The number of carbonyl (C=O) groups is 1. The Bertz CT molecular complexity index is 524. The van der Waals surface area contributed by atoms with Crippen molar-refractivity contribution >= 4 is 11.7 Å². The standard InChI is InChI=1S/C11H9FN2O4/c1-13-9(11(15)18-2)5-7-3-4-8(12)10(6-7)14(16)17/h3-4,6,9H,5H2,2H3. The van der Waals surface area contributed by atoms with Gasteiger partial charge in [0.25, 0.3) is 0 Å². The Morgan fingerprint density at radius 2 is 2.33 bits per heavy atom. The molecule has 0 amide bonds. The number of nitro groups is 1. The molecule has 1 aromatic carbocycles.